The average molecular weight is 256 g/mol. The highest BCUT2D eigenvalue weighted by Gasteiger charge is 2.04. The number of aromatic nitrogens is 7. The van der Waals surface area contributed by atoms with Gasteiger partial charge in [0.1, 0.15) is 0 Å². The highest BCUT2D eigenvalue weighted by Crippen LogP contribution is 2.18. The molecule has 0 bridgehead atoms. The number of H-pyrrole nitrogens is 1. The van der Waals surface area contributed by atoms with Gasteiger partial charge in [0.2, 0.25) is 5.82 Å². The van der Waals surface area contributed by atoms with Crippen molar-refractivity contribution in [1.82, 2.24) is 35.6 Å². The maximum atomic E-state index is 3.95. The number of nitrogens with zero attached hydrogens (tertiary/aromatic N) is 6. The van der Waals surface area contributed by atoms with Crippen LogP contribution in [0.4, 0.5) is 5.69 Å². The van der Waals surface area contributed by atoms with Crippen molar-refractivity contribution in [2.24, 2.45) is 7.05 Å². The number of hydrogen-bond donors (Lipinski definition) is 2. The third-order valence-corrected chi connectivity index (χ3v) is 2.75. The smallest absolute Gasteiger partial charge is 0.204 e. The van der Waals surface area contributed by atoms with Crippen LogP contribution >= 0.6 is 0 Å². The lowest BCUT2D eigenvalue weighted by Gasteiger charge is -2.06. The lowest BCUT2D eigenvalue weighted by atomic mass is 10.2. The highest BCUT2D eigenvalue weighted by atomic mass is 15.5. The standard InChI is InChI=1S/C11H12N8/c1-19-10(7-13-18-19)6-12-9-4-2-3-8(5-9)11-14-16-17-15-11/h2-5,7,12H,6H2,1H3,(H,14,15,16,17). The van der Waals surface area contributed by atoms with Crippen LogP contribution in [0, 0.1) is 0 Å². The first-order valence-corrected chi connectivity index (χ1v) is 5.74. The van der Waals surface area contributed by atoms with Gasteiger partial charge in [-0.1, -0.05) is 17.3 Å². The first-order valence-electron chi connectivity index (χ1n) is 5.74. The van der Waals surface area contributed by atoms with E-state index in [9.17, 15) is 0 Å². The molecule has 8 heteroatoms. The van der Waals surface area contributed by atoms with E-state index in [4.69, 9.17) is 0 Å². The van der Waals surface area contributed by atoms with Gasteiger partial charge in [-0.25, -0.2) is 0 Å². The van der Waals surface area contributed by atoms with E-state index >= 15 is 0 Å². The Morgan fingerprint density at radius 1 is 1.37 bits per heavy atom. The molecule has 1 aromatic carbocycles. The fourth-order valence-corrected chi connectivity index (χ4v) is 1.72. The molecule has 0 aliphatic heterocycles. The van der Waals surface area contributed by atoms with Crippen LogP contribution in [0.3, 0.4) is 0 Å². The third kappa shape index (κ3) is 2.41. The molecule has 0 aliphatic rings. The molecular weight excluding hydrogens is 244 g/mol. The quantitative estimate of drug-likeness (QED) is 0.709. The van der Waals surface area contributed by atoms with Crippen LogP contribution in [0.25, 0.3) is 11.4 Å². The zero-order chi connectivity index (χ0) is 13.1. The molecular formula is C11H12N8. The molecule has 0 spiro atoms. The summed E-state index contributed by atoms with van der Waals surface area (Å²) in [7, 11) is 1.86. The lowest BCUT2D eigenvalue weighted by Crippen LogP contribution is -2.05. The van der Waals surface area contributed by atoms with E-state index in [0.717, 1.165) is 16.9 Å². The van der Waals surface area contributed by atoms with Gasteiger partial charge >= 0.3 is 0 Å². The minimum Gasteiger partial charge on any atom is -0.379 e. The molecule has 0 unspecified atom stereocenters. The summed E-state index contributed by atoms with van der Waals surface area (Å²) in [6.45, 7) is 0.652. The van der Waals surface area contributed by atoms with Crippen molar-refractivity contribution < 1.29 is 0 Å². The molecule has 3 rings (SSSR count). The number of rotatable bonds is 4. The van der Waals surface area contributed by atoms with Gasteiger partial charge in [-0.05, 0) is 17.3 Å². The first-order chi connectivity index (χ1) is 9.33. The Labute approximate surface area is 108 Å². The Balaban J connectivity index is 1.75. The van der Waals surface area contributed by atoms with E-state index in [-0.39, 0.29) is 0 Å². The van der Waals surface area contributed by atoms with Gasteiger partial charge in [-0.3, -0.25) is 4.68 Å². The summed E-state index contributed by atoms with van der Waals surface area (Å²) in [5.74, 6) is 0.575. The number of anilines is 1. The van der Waals surface area contributed by atoms with Crippen molar-refractivity contribution in [2.45, 2.75) is 6.54 Å². The van der Waals surface area contributed by atoms with Gasteiger partial charge in [-0.2, -0.15) is 5.21 Å². The first kappa shape index (κ1) is 11.3. The molecule has 0 aliphatic carbocycles. The second-order valence-corrected chi connectivity index (χ2v) is 4.02. The number of aryl methyl sites for hydroxylation is 1. The summed E-state index contributed by atoms with van der Waals surface area (Å²) in [6.07, 6.45) is 1.73. The number of hydrogen-bond acceptors (Lipinski definition) is 6. The average Bonchev–Trinajstić information content (AvgIpc) is 3.08. The summed E-state index contributed by atoms with van der Waals surface area (Å²) in [5.41, 5.74) is 2.88. The predicted molar refractivity (Wildman–Crippen MR) is 67.9 cm³/mol. The Kier molecular flexibility index (Phi) is 2.89. The van der Waals surface area contributed by atoms with E-state index in [2.05, 4.69) is 36.3 Å². The van der Waals surface area contributed by atoms with E-state index < -0.39 is 0 Å². The van der Waals surface area contributed by atoms with Crippen LogP contribution in [0.2, 0.25) is 0 Å². The molecule has 2 heterocycles. The molecule has 2 aromatic heterocycles. The topological polar surface area (TPSA) is 97.2 Å². The van der Waals surface area contributed by atoms with Crippen molar-refractivity contribution in [3.8, 4) is 11.4 Å². The van der Waals surface area contributed by atoms with Crippen LogP contribution in [0.1, 0.15) is 5.69 Å². The molecule has 0 atom stereocenters. The Bertz CT molecular complexity index is 657. The van der Waals surface area contributed by atoms with Crippen LogP contribution in [0.5, 0.6) is 0 Å². The maximum Gasteiger partial charge on any atom is 0.204 e. The molecule has 0 amide bonds. The minimum absolute atomic E-state index is 0.575. The van der Waals surface area contributed by atoms with Crippen LogP contribution < -0.4 is 5.32 Å². The Morgan fingerprint density at radius 2 is 2.32 bits per heavy atom. The van der Waals surface area contributed by atoms with Gasteiger partial charge in [0.05, 0.1) is 18.4 Å². The molecule has 2 N–H and O–H groups in total. The summed E-state index contributed by atoms with van der Waals surface area (Å²) < 4.78 is 1.73. The summed E-state index contributed by atoms with van der Waals surface area (Å²) in [6, 6.07) is 7.82. The lowest BCUT2D eigenvalue weighted by molar-refractivity contribution is 0.683. The molecule has 8 nitrogen and oxygen atoms in total. The van der Waals surface area contributed by atoms with Gasteiger partial charge in [0.15, 0.2) is 0 Å². The normalized spacial score (nSPS) is 10.6. The summed E-state index contributed by atoms with van der Waals surface area (Å²) >= 11 is 0. The zero-order valence-electron chi connectivity index (χ0n) is 10.3. The number of nitrogens with one attached hydrogen (secondary N) is 2. The molecule has 0 saturated heterocycles. The highest BCUT2D eigenvalue weighted by molar-refractivity contribution is 5.61. The fraction of sp³-hybridized carbons (Fsp3) is 0.182. The maximum absolute atomic E-state index is 3.95. The van der Waals surface area contributed by atoms with Crippen LogP contribution in [0.15, 0.2) is 30.5 Å². The Hall–Kier alpha value is -2.77. The SMILES string of the molecule is Cn1nncc1CNc1cccc(-c2nn[nH]n2)c1. The van der Waals surface area contributed by atoms with E-state index in [0.29, 0.717) is 12.4 Å². The monoisotopic (exact) mass is 256 g/mol. The number of tetrazole rings is 1. The van der Waals surface area contributed by atoms with Crippen molar-refractivity contribution >= 4 is 5.69 Å². The molecule has 0 radical (unpaired) electrons. The minimum atomic E-state index is 0.575. The zero-order valence-corrected chi connectivity index (χ0v) is 10.3. The molecule has 19 heavy (non-hydrogen) atoms. The summed E-state index contributed by atoms with van der Waals surface area (Å²) in [5, 5.41) is 24.9. The predicted octanol–water partition coefficient (Wildman–Crippen LogP) is 0.607. The van der Waals surface area contributed by atoms with Crippen LogP contribution in [-0.4, -0.2) is 35.6 Å². The van der Waals surface area contributed by atoms with Crippen molar-refractivity contribution in [2.75, 3.05) is 5.32 Å². The van der Waals surface area contributed by atoms with Crippen molar-refractivity contribution in [3.05, 3.63) is 36.2 Å². The van der Waals surface area contributed by atoms with Crippen LogP contribution in [-0.2, 0) is 13.6 Å². The van der Waals surface area contributed by atoms with E-state index in [1.807, 2.05) is 31.3 Å². The van der Waals surface area contributed by atoms with Gasteiger partial charge in [0.25, 0.3) is 0 Å². The molecule has 0 saturated carbocycles. The third-order valence-electron chi connectivity index (χ3n) is 2.75. The number of aromatic amines is 1. The van der Waals surface area contributed by atoms with E-state index in [1.54, 1.807) is 10.9 Å². The largest absolute Gasteiger partial charge is 0.379 e. The molecule has 0 fully saturated rings. The van der Waals surface area contributed by atoms with Gasteiger partial charge in [-0.15, -0.1) is 15.3 Å². The van der Waals surface area contributed by atoms with Crippen molar-refractivity contribution in [3.63, 3.8) is 0 Å². The van der Waals surface area contributed by atoms with E-state index in [1.165, 1.54) is 0 Å². The summed E-state index contributed by atoms with van der Waals surface area (Å²) in [4.78, 5) is 0. The second-order valence-electron chi connectivity index (χ2n) is 4.02. The van der Waals surface area contributed by atoms with Crippen molar-refractivity contribution in [1.29, 1.82) is 0 Å². The van der Waals surface area contributed by atoms with Gasteiger partial charge in [0, 0.05) is 18.3 Å². The second kappa shape index (κ2) is 4.84. The fourth-order valence-electron chi connectivity index (χ4n) is 1.72. The molecule has 96 valence electrons. The molecule has 3 aromatic rings. The van der Waals surface area contributed by atoms with Gasteiger partial charge < -0.3 is 5.32 Å². The number of benzene rings is 1. The Morgan fingerprint density at radius 3 is 3.05 bits per heavy atom.